The molecule has 8 rings (SSSR count). The number of fused-ring (bicyclic) bond motifs is 5. The van der Waals surface area contributed by atoms with E-state index in [1.807, 2.05) is 0 Å². The smallest absolute Gasteiger partial charge is 0.344 e. The van der Waals surface area contributed by atoms with E-state index in [-0.39, 0.29) is 45.0 Å². The van der Waals surface area contributed by atoms with E-state index in [1.165, 1.54) is 13.1 Å². The van der Waals surface area contributed by atoms with Crippen molar-refractivity contribution >= 4 is 55.2 Å². The number of alkyl halides is 7. The van der Waals surface area contributed by atoms with E-state index in [0.29, 0.717) is 21.4 Å². The molecule has 59 heavy (non-hydrogen) atoms. The number of anilines is 1. The Hall–Kier alpha value is -5.64. The Morgan fingerprint density at radius 1 is 1.05 bits per heavy atom. The van der Waals surface area contributed by atoms with Crippen molar-refractivity contribution in [2.45, 2.75) is 49.9 Å². The van der Waals surface area contributed by atoms with Crippen LogP contribution < -0.4 is 15.6 Å². The van der Waals surface area contributed by atoms with Crippen LogP contribution in [0.3, 0.4) is 0 Å². The van der Waals surface area contributed by atoms with Crippen LogP contribution in [0.25, 0.3) is 27.5 Å². The standard InChI is InChI=1S/C36H26ClF9N8O4S/c1-52-29-23(7-6-20(37)27(29)32(50-52)51-59(2,57)58)54-33(48-21-5-3-4-18(36(44,45)46)26(21)34(54)56)22(10-14-8-15(38)11-16(39)9-14)47-24(55)13-53-30-25(28(49-53)31(40)41)17-12-19(17)35(30,42)43/h3-9,11,17,19,22,31H,10,12-13H2,1-2H3,(H,47,55)(H,50,51)/t17-,19+,22-/m0/s1. The predicted octanol–water partition coefficient (Wildman–Crippen LogP) is 7.04. The van der Waals surface area contributed by atoms with Gasteiger partial charge in [0.05, 0.1) is 50.4 Å². The molecule has 310 valence electrons. The second-order valence-electron chi connectivity index (χ2n) is 14.2. The summed E-state index contributed by atoms with van der Waals surface area (Å²) in [5.74, 6) is -10.1. The summed E-state index contributed by atoms with van der Waals surface area (Å²) in [6.07, 6.45) is -8.30. The maximum absolute atomic E-state index is 15.4. The molecule has 6 aromatic rings. The highest BCUT2D eigenvalue weighted by atomic mass is 35.5. The second kappa shape index (κ2) is 13.7. The van der Waals surface area contributed by atoms with Crippen LogP contribution in [0.2, 0.25) is 5.02 Å². The van der Waals surface area contributed by atoms with Gasteiger partial charge in [0.2, 0.25) is 15.9 Å². The lowest BCUT2D eigenvalue weighted by Gasteiger charge is -2.24. The number of amides is 1. The summed E-state index contributed by atoms with van der Waals surface area (Å²) in [5.41, 5.74) is -6.20. The van der Waals surface area contributed by atoms with Crippen molar-refractivity contribution in [1.29, 1.82) is 0 Å². The second-order valence-corrected chi connectivity index (χ2v) is 16.4. The highest BCUT2D eigenvalue weighted by Crippen LogP contribution is 2.68. The molecule has 23 heteroatoms. The predicted molar refractivity (Wildman–Crippen MR) is 193 cm³/mol. The number of halogens is 10. The molecular weight excluding hydrogens is 847 g/mol. The van der Waals surface area contributed by atoms with Gasteiger partial charge in [-0.1, -0.05) is 17.7 Å². The van der Waals surface area contributed by atoms with Crippen molar-refractivity contribution in [3.8, 4) is 5.69 Å². The van der Waals surface area contributed by atoms with E-state index in [0.717, 1.165) is 41.3 Å². The van der Waals surface area contributed by atoms with Crippen molar-refractivity contribution in [2.24, 2.45) is 13.0 Å². The zero-order valence-electron chi connectivity index (χ0n) is 30.1. The van der Waals surface area contributed by atoms with Crippen molar-refractivity contribution in [3.63, 3.8) is 0 Å². The number of carbonyl (C=O) groups excluding carboxylic acids is 1. The average molecular weight is 873 g/mol. The van der Waals surface area contributed by atoms with Crippen LogP contribution in [0.4, 0.5) is 45.3 Å². The number of nitrogens with one attached hydrogen (secondary N) is 2. The zero-order chi connectivity index (χ0) is 42.7. The van der Waals surface area contributed by atoms with E-state index < -0.39 is 116 Å². The fourth-order valence-corrected chi connectivity index (χ4v) is 8.60. The molecule has 0 aliphatic heterocycles. The summed E-state index contributed by atoms with van der Waals surface area (Å²) in [6.45, 7) is -1.11. The van der Waals surface area contributed by atoms with E-state index in [2.05, 4.69) is 25.2 Å². The molecule has 0 spiro atoms. The Morgan fingerprint density at radius 3 is 2.39 bits per heavy atom. The lowest BCUT2D eigenvalue weighted by Crippen LogP contribution is -2.38. The molecule has 3 atom stereocenters. The van der Waals surface area contributed by atoms with Crippen LogP contribution in [0.1, 0.15) is 58.7 Å². The molecule has 12 nitrogen and oxygen atoms in total. The highest BCUT2D eigenvalue weighted by molar-refractivity contribution is 7.92. The van der Waals surface area contributed by atoms with Crippen LogP contribution in [-0.2, 0) is 46.9 Å². The third kappa shape index (κ3) is 6.94. The van der Waals surface area contributed by atoms with Crippen molar-refractivity contribution < 1.29 is 52.7 Å². The Balaban J connectivity index is 1.36. The van der Waals surface area contributed by atoms with Gasteiger partial charge in [-0.15, -0.1) is 0 Å². The van der Waals surface area contributed by atoms with Crippen LogP contribution in [0.5, 0.6) is 0 Å². The van der Waals surface area contributed by atoms with Gasteiger partial charge in [0, 0.05) is 31.0 Å². The number of hydrogen-bond acceptors (Lipinski definition) is 7. The first-order valence-corrected chi connectivity index (χ1v) is 19.6. The third-order valence-electron chi connectivity index (χ3n) is 10.1. The molecule has 1 fully saturated rings. The summed E-state index contributed by atoms with van der Waals surface area (Å²) < 4.78 is 160. The first-order valence-electron chi connectivity index (χ1n) is 17.3. The summed E-state index contributed by atoms with van der Waals surface area (Å²) >= 11 is 6.49. The van der Waals surface area contributed by atoms with Gasteiger partial charge in [-0.2, -0.15) is 32.1 Å². The summed E-state index contributed by atoms with van der Waals surface area (Å²) in [6, 6.07) is 5.43. The Morgan fingerprint density at radius 2 is 1.75 bits per heavy atom. The maximum Gasteiger partial charge on any atom is 0.417 e. The number of nitrogens with zero attached hydrogens (tertiary/aromatic N) is 6. The van der Waals surface area contributed by atoms with E-state index >= 15 is 8.78 Å². The normalized spacial score (nSPS) is 17.7. The molecule has 2 aliphatic rings. The molecule has 0 bridgehead atoms. The number of aromatic nitrogens is 6. The highest BCUT2D eigenvalue weighted by Gasteiger charge is 2.67. The molecule has 3 aromatic heterocycles. The molecule has 0 radical (unpaired) electrons. The molecule has 1 amide bonds. The average Bonchev–Trinajstić information content (AvgIpc) is 3.66. The number of carbonyl (C=O) groups is 1. The monoisotopic (exact) mass is 872 g/mol. The maximum atomic E-state index is 15.4. The van der Waals surface area contributed by atoms with Gasteiger partial charge in [-0.3, -0.25) is 28.2 Å². The summed E-state index contributed by atoms with van der Waals surface area (Å²) in [5, 5.41) is 9.00. The first kappa shape index (κ1) is 40.2. The first-order chi connectivity index (χ1) is 27.5. The Bertz CT molecular complexity index is 2910. The minimum absolute atomic E-state index is 0.0640. The molecule has 1 saturated carbocycles. The van der Waals surface area contributed by atoms with Crippen LogP contribution in [0, 0.1) is 17.6 Å². The van der Waals surface area contributed by atoms with Gasteiger partial charge in [-0.25, -0.2) is 31.0 Å². The quantitative estimate of drug-likeness (QED) is 0.141. The van der Waals surface area contributed by atoms with Crippen LogP contribution >= 0.6 is 11.6 Å². The van der Waals surface area contributed by atoms with E-state index in [1.54, 1.807) is 0 Å². The van der Waals surface area contributed by atoms with Gasteiger partial charge in [0.1, 0.15) is 35.4 Å². The van der Waals surface area contributed by atoms with Crippen LogP contribution in [-0.4, -0.2) is 49.7 Å². The minimum Gasteiger partial charge on any atom is -0.344 e. The van der Waals surface area contributed by atoms with Crippen molar-refractivity contribution in [1.82, 2.24) is 34.4 Å². The van der Waals surface area contributed by atoms with Gasteiger partial charge in [0.25, 0.3) is 17.9 Å². The fraction of sp³-hybridized carbons (Fsp3) is 0.306. The topological polar surface area (TPSA) is 146 Å². The Labute approximate surface area is 330 Å². The molecule has 3 aromatic carbocycles. The molecule has 2 aliphatic carbocycles. The van der Waals surface area contributed by atoms with E-state index in [4.69, 9.17) is 11.6 Å². The summed E-state index contributed by atoms with van der Waals surface area (Å²) in [4.78, 5) is 33.0. The molecule has 3 heterocycles. The lowest BCUT2D eigenvalue weighted by molar-refractivity contribution is -0.136. The Kier molecular flexibility index (Phi) is 9.33. The van der Waals surface area contributed by atoms with Crippen LogP contribution in [0.15, 0.2) is 53.3 Å². The molecular formula is C36H26ClF9N8O4S. The van der Waals surface area contributed by atoms with Gasteiger partial charge < -0.3 is 5.32 Å². The third-order valence-corrected chi connectivity index (χ3v) is 11.0. The SMILES string of the molecule is Cn1nc(NS(C)(=O)=O)c2c(Cl)ccc(-n3c([C@H](Cc4cc(F)cc(F)c4)NC(=O)Cn4nc(C(F)F)c5c4C(F)(F)[C@@H]4C[C@H]54)nc4cccc(C(F)(F)F)c4c3=O)c21. The number of hydrogen-bond donors (Lipinski definition) is 2. The van der Waals surface area contributed by atoms with Gasteiger partial charge >= 0.3 is 6.18 Å². The summed E-state index contributed by atoms with van der Waals surface area (Å²) in [7, 11) is -2.73. The number of rotatable bonds is 10. The van der Waals surface area contributed by atoms with Gasteiger partial charge in [-0.05, 0) is 54.3 Å². The van der Waals surface area contributed by atoms with Crippen molar-refractivity contribution in [2.75, 3.05) is 11.0 Å². The minimum atomic E-state index is -5.12. The lowest BCUT2D eigenvalue weighted by atomic mass is 10.0. The van der Waals surface area contributed by atoms with Crippen molar-refractivity contribution in [3.05, 3.63) is 109 Å². The number of sulfonamides is 1. The number of benzene rings is 3. The van der Waals surface area contributed by atoms with E-state index in [9.17, 15) is 48.7 Å². The molecule has 0 saturated heterocycles. The number of aryl methyl sites for hydroxylation is 1. The zero-order valence-corrected chi connectivity index (χ0v) is 31.6. The fourth-order valence-electron chi connectivity index (χ4n) is 7.86. The van der Waals surface area contributed by atoms with Gasteiger partial charge in [0.15, 0.2) is 5.82 Å². The molecule has 0 unspecified atom stereocenters. The molecule has 2 N–H and O–H groups in total. The largest absolute Gasteiger partial charge is 0.417 e.